The highest BCUT2D eigenvalue weighted by atomic mass is 16.4. The molecule has 3 rings (SSSR count). The number of fused-ring (bicyclic) bond motifs is 1. The number of aromatic nitrogens is 1. The zero-order chi connectivity index (χ0) is 28.5. The van der Waals surface area contributed by atoms with E-state index in [1.165, 1.54) is 6.92 Å². The molecule has 1 heterocycles. The molecule has 7 N–H and O–H groups in total. The number of aromatic amines is 1. The number of rotatable bonds is 13. The van der Waals surface area contributed by atoms with Crippen molar-refractivity contribution in [2.24, 2.45) is 11.7 Å². The van der Waals surface area contributed by atoms with E-state index in [1.54, 1.807) is 30.5 Å². The molecule has 0 saturated heterocycles. The lowest BCUT2D eigenvalue weighted by atomic mass is 10.0. The lowest BCUT2D eigenvalue weighted by Crippen LogP contribution is -2.57. The number of carboxylic acid groups (broad SMARTS) is 1. The Labute approximate surface area is 227 Å². The molecule has 0 aliphatic carbocycles. The fourth-order valence-corrected chi connectivity index (χ4v) is 4.35. The quantitative estimate of drug-likeness (QED) is 0.195. The summed E-state index contributed by atoms with van der Waals surface area (Å²) in [5.74, 6) is -2.69. The van der Waals surface area contributed by atoms with Gasteiger partial charge >= 0.3 is 5.97 Å². The van der Waals surface area contributed by atoms with Crippen LogP contribution < -0.4 is 21.7 Å². The lowest BCUT2D eigenvalue weighted by Gasteiger charge is -2.24. The largest absolute Gasteiger partial charge is 0.480 e. The number of carbonyl (C=O) groups excluding carboxylic acids is 3. The number of hydrogen-bond donors (Lipinski definition) is 6. The molecule has 39 heavy (non-hydrogen) atoms. The fourth-order valence-electron chi connectivity index (χ4n) is 4.35. The Kier molecular flexibility index (Phi) is 10.2. The highest BCUT2D eigenvalue weighted by Crippen LogP contribution is 2.19. The maximum Gasteiger partial charge on any atom is 0.326 e. The summed E-state index contributed by atoms with van der Waals surface area (Å²) in [5, 5.41) is 18.4. The van der Waals surface area contributed by atoms with Crippen LogP contribution in [0.5, 0.6) is 0 Å². The lowest BCUT2D eigenvalue weighted by molar-refractivity contribution is -0.142. The van der Waals surface area contributed by atoms with E-state index in [0.29, 0.717) is 6.42 Å². The number of amides is 3. The van der Waals surface area contributed by atoms with Gasteiger partial charge in [0.05, 0.1) is 6.04 Å². The number of benzene rings is 2. The molecule has 4 unspecified atom stereocenters. The third-order valence-electron chi connectivity index (χ3n) is 6.44. The van der Waals surface area contributed by atoms with Crippen molar-refractivity contribution in [2.45, 2.75) is 64.2 Å². The highest BCUT2D eigenvalue weighted by molar-refractivity contribution is 5.94. The first-order valence-electron chi connectivity index (χ1n) is 13.0. The van der Waals surface area contributed by atoms with Gasteiger partial charge in [-0.2, -0.15) is 0 Å². The van der Waals surface area contributed by atoms with E-state index in [4.69, 9.17) is 5.73 Å². The van der Waals surface area contributed by atoms with Gasteiger partial charge in [-0.3, -0.25) is 14.4 Å². The molecule has 4 atom stereocenters. The third-order valence-corrected chi connectivity index (χ3v) is 6.44. The van der Waals surface area contributed by atoms with Crippen LogP contribution >= 0.6 is 0 Å². The molecule has 3 amide bonds. The highest BCUT2D eigenvalue weighted by Gasteiger charge is 2.29. The number of aliphatic carboxylic acids is 1. The Morgan fingerprint density at radius 3 is 2.13 bits per heavy atom. The fraction of sp³-hybridized carbons (Fsp3) is 0.379. The van der Waals surface area contributed by atoms with Crippen molar-refractivity contribution in [2.75, 3.05) is 0 Å². The van der Waals surface area contributed by atoms with E-state index in [1.807, 2.05) is 44.2 Å². The van der Waals surface area contributed by atoms with E-state index in [0.717, 1.165) is 22.0 Å². The van der Waals surface area contributed by atoms with Crippen molar-refractivity contribution in [1.29, 1.82) is 0 Å². The van der Waals surface area contributed by atoms with Crippen molar-refractivity contribution in [3.05, 3.63) is 71.9 Å². The molecule has 2 aromatic carbocycles. The number of carbonyl (C=O) groups is 4. The monoisotopic (exact) mass is 535 g/mol. The van der Waals surface area contributed by atoms with Gasteiger partial charge in [-0.15, -0.1) is 0 Å². The third kappa shape index (κ3) is 8.41. The maximum absolute atomic E-state index is 13.3. The van der Waals surface area contributed by atoms with Crippen LogP contribution in [-0.2, 0) is 32.0 Å². The van der Waals surface area contributed by atoms with Crippen LogP contribution in [0.15, 0.2) is 60.8 Å². The number of carboxylic acids is 1. The summed E-state index contributed by atoms with van der Waals surface area (Å²) >= 11 is 0. The Balaban J connectivity index is 1.72. The van der Waals surface area contributed by atoms with Crippen LogP contribution in [0.2, 0.25) is 0 Å². The molecule has 0 saturated carbocycles. The molecule has 3 aromatic rings. The molecule has 1 aromatic heterocycles. The summed E-state index contributed by atoms with van der Waals surface area (Å²) < 4.78 is 0. The minimum absolute atomic E-state index is 0.0928. The van der Waals surface area contributed by atoms with Gasteiger partial charge in [-0.05, 0) is 36.5 Å². The van der Waals surface area contributed by atoms with Crippen LogP contribution in [0.3, 0.4) is 0 Å². The second-order valence-electron chi connectivity index (χ2n) is 10.2. The standard InChI is InChI=1S/C29H37N5O5/c1-17(2)13-22(30)27(36)33-24(15-20-16-31-23-12-8-7-11-21(20)23)28(37)32-18(3)26(35)34-25(29(38)39)14-19-9-5-4-6-10-19/h4-12,16-18,22,24-25,31H,13-15,30H2,1-3H3,(H,32,37)(H,33,36)(H,34,35)(H,38,39). The second-order valence-corrected chi connectivity index (χ2v) is 10.2. The molecule has 0 bridgehead atoms. The first-order valence-corrected chi connectivity index (χ1v) is 13.0. The molecule has 10 nitrogen and oxygen atoms in total. The van der Waals surface area contributed by atoms with E-state index in [-0.39, 0.29) is 18.8 Å². The average Bonchev–Trinajstić information content (AvgIpc) is 3.30. The summed E-state index contributed by atoms with van der Waals surface area (Å²) in [5.41, 5.74) is 8.51. The minimum atomic E-state index is -1.19. The number of nitrogens with two attached hydrogens (primary N) is 1. The molecule has 0 aliphatic rings. The first kappa shape index (κ1) is 29.4. The number of hydrogen-bond acceptors (Lipinski definition) is 5. The van der Waals surface area contributed by atoms with Crippen molar-refractivity contribution in [3.63, 3.8) is 0 Å². The van der Waals surface area contributed by atoms with Gasteiger partial charge in [-0.1, -0.05) is 62.4 Å². The van der Waals surface area contributed by atoms with Crippen LogP contribution in [0.25, 0.3) is 10.9 Å². The van der Waals surface area contributed by atoms with Crippen LogP contribution in [0, 0.1) is 5.92 Å². The molecule has 0 spiro atoms. The average molecular weight is 536 g/mol. The van der Waals surface area contributed by atoms with Crippen LogP contribution in [0.1, 0.15) is 38.3 Å². The Hall–Kier alpha value is -4.18. The number of para-hydroxylation sites is 1. The summed E-state index contributed by atoms with van der Waals surface area (Å²) in [7, 11) is 0. The van der Waals surface area contributed by atoms with E-state index >= 15 is 0 Å². The van der Waals surface area contributed by atoms with Gasteiger partial charge in [0.15, 0.2) is 0 Å². The summed E-state index contributed by atoms with van der Waals surface area (Å²) in [6.45, 7) is 5.36. The van der Waals surface area contributed by atoms with Crippen molar-refractivity contribution in [1.82, 2.24) is 20.9 Å². The van der Waals surface area contributed by atoms with Gasteiger partial charge in [-0.25, -0.2) is 4.79 Å². The minimum Gasteiger partial charge on any atom is -0.480 e. The molecule has 208 valence electrons. The van der Waals surface area contributed by atoms with Crippen molar-refractivity contribution < 1.29 is 24.3 Å². The molecule has 0 aliphatic heterocycles. The van der Waals surface area contributed by atoms with Gasteiger partial charge < -0.3 is 31.8 Å². The topological polar surface area (TPSA) is 166 Å². The zero-order valence-electron chi connectivity index (χ0n) is 22.4. The molecule has 0 fully saturated rings. The predicted octanol–water partition coefficient (Wildman–Crippen LogP) is 1.89. The SMILES string of the molecule is CC(C)CC(N)C(=O)NC(Cc1c[nH]c2ccccc12)C(=O)NC(C)C(=O)NC(Cc1ccccc1)C(=O)O. The molecular formula is C29H37N5O5. The van der Waals surface area contributed by atoms with Gasteiger partial charge in [0.2, 0.25) is 17.7 Å². The summed E-state index contributed by atoms with van der Waals surface area (Å²) in [4.78, 5) is 53.9. The molecule has 10 heteroatoms. The van der Waals surface area contributed by atoms with Crippen molar-refractivity contribution in [3.8, 4) is 0 Å². The summed E-state index contributed by atoms with van der Waals surface area (Å²) in [6.07, 6.45) is 2.48. The number of H-pyrrole nitrogens is 1. The maximum atomic E-state index is 13.3. The summed E-state index contributed by atoms with van der Waals surface area (Å²) in [6, 6.07) is 12.5. The van der Waals surface area contributed by atoms with Gasteiger partial charge in [0, 0.05) is 29.9 Å². The Bertz CT molecular complexity index is 1290. The Morgan fingerprint density at radius 2 is 1.46 bits per heavy atom. The first-order chi connectivity index (χ1) is 18.5. The van der Waals surface area contributed by atoms with Crippen LogP contribution in [-0.4, -0.2) is 57.9 Å². The van der Waals surface area contributed by atoms with E-state index < -0.39 is 47.9 Å². The zero-order valence-corrected chi connectivity index (χ0v) is 22.4. The van der Waals surface area contributed by atoms with Gasteiger partial charge in [0.1, 0.15) is 18.1 Å². The number of nitrogens with one attached hydrogen (secondary N) is 4. The Morgan fingerprint density at radius 1 is 0.821 bits per heavy atom. The molecular weight excluding hydrogens is 498 g/mol. The smallest absolute Gasteiger partial charge is 0.326 e. The molecule has 0 radical (unpaired) electrons. The van der Waals surface area contributed by atoms with E-state index in [2.05, 4.69) is 20.9 Å². The predicted molar refractivity (Wildman–Crippen MR) is 149 cm³/mol. The van der Waals surface area contributed by atoms with E-state index in [9.17, 15) is 24.3 Å². The van der Waals surface area contributed by atoms with Crippen LogP contribution in [0.4, 0.5) is 0 Å². The second kappa shape index (κ2) is 13.6. The normalized spacial score (nSPS) is 14.3. The van der Waals surface area contributed by atoms with Gasteiger partial charge in [0.25, 0.3) is 0 Å². The van der Waals surface area contributed by atoms with Crippen molar-refractivity contribution >= 4 is 34.6 Å².